The van der Waals surface area contributed by atoms with Gasteiger partial charge >= 0.3 is 0 Å². The van der Waals surface area contributed by atoms with Gasteiger partial charge in [0, 0.05) is 37.8 Å². The van der Waals surface area contributed by atoms with Crippen LogP contribution in [0.4, 0.5) is 0 Å². The third-order valence-electron chi connectivity index (χ3n) is 1.16. The average molecular weight is 448 g/mol. The van der Waals surface area contributed by atoms with Gasteiger partial charge in [-0.05, 0) is 13.0 Å². The Hall–Kier alpha value is 1.12. The summed E-state index contributed by atoms with van der Waals surface area (Å²) >= 11 is 0. The van der Waals surface area contributed by atoms with E-state index in [0.29, 0.717) is 6.42 Å². The van der Waals surface area contributed by atoms with E-state index in [1.54, 1.807) is 6.92 Å². The zero-order valence-corrected chi connectivity index (χ0v) is 13.5. The molecule has 0 aliphatic carbocycles. The Labute approximate surface area is 108 Å². The molecule has 0 aromatic heterocycles. The molecule has 0 aromatic rings. The van der Waals surface area contributed by atoms with Crippen LogP contribution in [-0.4, -0.2) is 24.2 Å². The zero-order valence-electron chi connectivity index (χ0n) is 8.47. The zero-order chi connectivity index (χ0) is 10.5. The van der Waals surface area contributed by atoms with Gasteiger partial charge in [-0.2, -0.15) is 6.61 Å². The summed E-state index contributed by atoms with van der Waals surface area (Å²) < 4.78 is 20.0. The van der Waals surface area contributed by atoms with E-state index in [1.165, 1.54) is 13.5 Å². The van der Waals surface area contributed by atoms with Gasteiger partial charge in [0.2, 0.25) is 0 Å². The van der Waals surface area contributed by atoms with Gasteiger partial charge in [-0.15, -0.1) is 0 Å². The van der Waals surface area contributed by atoms with Crippen LogP contribution in [0.25, 0.3) is 0 Å². The van der Waals surface area contributed by atoms with E-state index in [2.05, 4.69) is 9.26 Å². The van der Waals surface area contributed by atoms with Crippen molar-refractivity contribution in [3.8, 4) is 0 Å². The number of ether oxygens (including phenoxy) is 1. The van der Waals surface area contributed by atoms with Crippen LogP contribution in [0.2, 0.25) is 0 Å². The number of aliphatic hydroxyl groups excluding tert-OH is 1. The molecule has 0 radical (unpaired) electrons. The molecule has 0 spiro atoms. The fourth-order valence-electron chi connectivity index (χ4n) is 0.643. The maximum Gasteiger partial charge on any atom is 0.129 e. The first-order chi connectivity index (χ1) is 5.85. The predicted octanol–water partition coefficient (Wildman–Crippen LogP) is 0.481. The molecule has 1 N–H and O–H groups in total. The predicted molar refractivity (Wildman–Crippen MR) is 45.8 cm³/mol. The molecule has 0 fully saturated rings. The smallest absolute Gasteiger partial charge is 0.129 e. The summed E-state index contributed by atoms with van der Waals surface area (Å²) in [5, 5.41) is 8.74. The molecule has 0 heterocycles. The molecule has 3 atom stereocenters. The van der Waals surface area contributed by atoms with Gasteiger partial charge in [0.15, 0.2) is 0 Å². The Balaban J connectivity index is 0. The molecule has 0 aromatic carbocycles. The molecule has 0 amide bonds. The monoisotopic (exact) mass is 448 g/mol. The van der Waals surface area contributed by atoms with E-state index in [4.69, 9.17) is 5.11 Å². The first-order valence-corrected chi connectivity index (χ1v) is 5.98. The summed E-state index contributed by atoms with van der Waals surface area (Å²) in [4.78, 5) is 10.7. The summed E-state index contributed by atoms with van der Waals surface area (Å²) in [5.74, 6) is 0. The second kappa shape index (κ2) is 8.29. The SMILES string of the molecule is CCC([CH-]OC(C)O)OP(C)(=O)[O-].[U]. The maximum atomic E-state index is 10.7. The van der Waals surface area contributed by atoms with Crippen LogP contribution in [0, 0.1) is 37.7 Å². The fourth-order valence-corrected chi connectivity index (χ4v) is 1.33. The van der Waals surface area contributed by atoms with Crippen molar-refractivity contribution in [3.05, 3.63) is 6.61 Å². The number of hydrogen-bond acceptors (Lipinski definition) is 5. The molecular weight excluding hydrogens is 433 g/mol. The van der Waals surface area contributed by atoms with Crippen LogP contribution in [-0.2, 0) is 13.8 Å². The van der Waals surface area contributed by atoms with Crippen molar-refractivity contribution in [1.82, 2.24) is 0 Å². The summed E-state index contributed by atoms with van der Waals surface area (Å²) in [7, 11) is -3.74. The van der Waals surface area contributed by atoms with E-state index in [-0.39, 0.29) is 31.1 Å². The Morgan fingerprint density at radius 3 is 2.43 bits per heavy atom. The maximum absolute atomic E-state index is 10.7. The first kappa shape index (κ1) is 17.5. The molecular formula is C7H15O5PU-2. The van der Waals surface area contributed by atoms with Crippen LogP contribution in [0.15, 0.2) is 0 Å². The molecule has 0 saturated heterocycles. The second-order valence-electron chi connectivity index (χ2n) is 2.69. The Morgan fingerprint density at radius 2 is 2.14 bits per heavy atom. The van der Waals surface area contributed by atoms with Crippen molar-refractivity contribution in [2.24, 2.45) is 0 Å². The van der Waals surface area contributed by atoms with Crippen molar-refractivity contribution in [2.45, 2.75) is 32.7 Å². The standard InChI is InChI=1S/C7H16O5P.U/c1-4-7(5-11-6(2)8)12-13(3,9)10;/h5-8H,4H2,1-3H3,(H,9,10);/q-1;/p-1. The Bertz CT molecular complexity index is 181. The van der Waals surface area contributed by atoms with E-state index in [9.17, 15) is 9.46 Å². The van der Waals surface area contributed by atoms with Crippen molar-refractivity contribution in [1.29, 1.82) is 0 Å². The molecule has 0 saturated carbocycles. The van der Waals surface area contributed by atoms with E-state index in [1.807, 2.05) is 0 Å². The summed E-state index contributed by atoms with van der Waals surface area (Å²) in [6, 6.07) is 0. The minimum absolute atomic E-state index is 0. The van der Waals surface area contributed by atoms with Crippen molar-refractivity contribution in [2.75, 3.05) is 6.66 Å². The van der Waals surface area contributed by atoms with E-state index in [0.717, 1.165) is 6.66 Å². The fraction of sp³-hybridized carbons (Fsp3) is 0.857. The average Bonchev–Trinajstić information content (AvgIpc) is 1.95. The quantitative estimate of drug-likeness (QED) is 0.364. The number of aliphatic hydroxyl groups is 1. The summed E-state index contributed by atoms with van der Waals surface area (Å²) in [5.41, 5.74) is 0. The van der Waals surface area contributed by atoms with Gasteiger partial charge in [-0.3, -0.25) is 0 Å². The molecule has 3 unspecified atom stereocenters. The summed E-state index contributed by atoms with van der Waals surface area (Å²) in [6.45, 7) is 5.35. The van der Waals surface area contributed by atoms with Crippen LogP contribution >= 0.6 is 7.60 Å². The summed E-state index contributed by atoms with van der Waals surface area (Å²) in [6.07, 6.45) is -1.13. The van der Waals surface area contributed by atoms with Crippen molar-refractivity contribution >= 4 is 7.60 Å². The molecule has 0 aliphatic heterocycles. The van der Waals surface area contributed by atoms with E-state index >= 15 is 0 Å². The third-order valence-corrected chi connectivity index (χ3v) is 1.81. The van der Waals surface area contributed by atoms with Crippen molar-refractivity contribution in [3.63, 3.8) is 0 Å². The normalized spacial score (nSPS) is 19.2. The third kappa shape index (κ3) is 11.2. The molecule has 5 nitrogen and oxygen atoms in total. The molecule has 7 heteroatoms. The molecule has 0 aliphatic rings. The van der Waals surface area contributed by atoms with Crippen LogP contribution < -0.4 is 4.89 Å². The second-order valence-corrected chi connectivity index (χ2v) is 4.45. The van der Waals surface area contributed by atoms with Crippen LogP contribution in [0.5, 0.6) is 0 Å². The minimum atomic E-state index is -3.74. The van der Waals surface area contributed by atoms with Crippen LogP contribution in [0.3, 0.4) is 0 Å². The van der Waals surface area contributed by atoms with Gasteiger partial charge < -0.3 is 23.8 Å². The Kier molecular flexibility index (Phi) is 10.4. The van der Waals surface area contributed by atoms with Gasteiger partial charge in [-0.1, -0.05) is 13.3 Å². The molecule has 84 valence electrons. The number of hydrogen-bond donors (Lipinski definition) is 1. The molecule has 0 rings (SSSR count). The van der Waals surface area contributed by atoms with E-state index < -0.39 is 20.0 Å². The minimum Gasteiger partial charge on any atom is -0.779 e. The van der Waals surface area contributed by atoms with Gasteiger partial charge in [0.1, 0.15) is 13.9 Å². The van der Waals surface area contributed by atoms with Gasteiger partial charge in [0.25, 0.3) is 0 Å². The topological polar surface area (TPSA) is 78.8 Å². The van der Waals surface area contributed by atoms with Crippen LogP contribution in [0.1, 0.15) is 20.3 Å². The Morgan fingerprint density at radius 1 is 1.64 bits per heavy atom. The number of rotatable bonds is 6. The molecule has 14 heavy (non-hydrogen) atoms. The van der Waals surface area contributed by atoms with Crippen molar-refractivity contribution < 1.29 is 54.9 Å². The van der Waals surface area contributed by atoms with Gasteiger partial charge in [-0.25, -0.2) is 0 Å². The first-order valence-electron chi connectivity index (χ1n) is 3.99. The molecule has 0 bridgehead atoms. The van der Waals surface area contributed by atoms with Gasteiger partial charge in [0.05, 0.1) is 0 Å². The largest absolute Gasteiger partial charge is 0.779 e.